The fourth-order valence-corrected chi connectivity index (χ4v) is 3.84. The number of aryl methyl sites for hydroxylation is 1. The van der Waals surface area contributed by atoms with E-state index in [1.807, 2.05) is 65.2 Å². The number of alkyl halides is 1. The summed E-state index contributed by atoms with van der Waals surface area (Å²) in [5, 5.41) is 10.5. The number of pyridine rings is 1. The number of aliphatic hydroxyl groups excluding tert-OH is 1. The summed E-state index contributed by atoms with van der Waals surface area (Å²) in [5.74, 6) is -0.485. The first kappa shape index (κ1) is 19.0. The van der Waals surface area contributed by atoms with Crippen molar-refractivity contribution in [1.82, 2.24) is 4.98 Å². The van der Waals surface area contributed by atoms with Crippen LogP contribution < -0.4 is 0 Å². The number of halogens is 1. The SMILES string of the molecule is O=C(OCI)c1ccc2c(c1)CCC(C1C=C(c3cccnc3)C=CC1O)=N2. The highest BCUT2D eigenvalue weighted by Gasteiger charge is 2.27. The lowest BCUT2D eigenvalue weighted by molar-refractivity contribution is 0.0590. The zero-order valence-electron chi connectivity index (χ0n) is 15.1. The topological polar surface area (TPSA) is 71.8 Å². The van der Waals surface area contributed by atoms with Crippen LogP contribution in [0.4, 0.5) is 5.69 Å². The summed E-state index contributed by atoms with van der Waals surface area (Å²) >= 11 is 2.00. The predicted octanol–water partition coefficient (Wildman–Crippen LogP) is 4.28. The smallest absolute Gasteiger partial charge is 0.338 e. The van der Waals surface area contributed by atoms with Gasteiger partial charge in [0.15, 0.2) is 0 Å². The third-order valence-electron chi connectivity index (χ3n) is 5.00. The van der Waals surface area contributed by atoms with Crippen LogP contribution in [0.25, 0.3) is 5.57 Å². The average Bonchev–Trinajstić information content (AvgIpc) is 2.74. The molecule has 4 rings (SSSR count). The first-order chi connectivity index (χ1) is 13.7. The predicted molar refractivity (Wildman–Crippen MR) is 117 cm³/mol. The number of esters is 1. The lowest BCUT2D eigenvalue weighted by atomic mass is 9.84. The van der Waals surface area contributed by atoms with E-state index in [2.05, 4.69) is 11.1 Å². The van der Waals surface area contributed by atoms with Gasteiger partial charge < -0.3 is 9.84 Å². The van der Waals surface area contributed by atoms with Crippen LogP contribution >= 0.6 is 22.6 Å². The Bertz CT molecular complexity index is 983. The molecule has 1 aliphatic heterocycles. The molecule has 1 aliphatic carbocycles. The number of benzene rings is 1. The highest BCUT2D eigenvalue weighted by Crippen LogP contribution is 2.33. The minimum Gasteiger partial charge on any atom is -0.451 e. The normalized spacial score (nSPS) is 20.8. The van der Waals surface area contributed by atoms with Gasteiger partial charge in [0.25, 0.3) is 0 Å². The second-order valence-corrected chi connectivity index (χ2v) is 7.35. The van der Waals surface area contributed by atoms with Crippen molar-refractivity contribution in [2.45, 2.75) is 18.9 Å². The van der Waals surface area contributed by atoms with Crippen molar-refractivity contribution >= 4 is 45.5 Å². The van der Waals surface area contributed by atoms with Crippen LogP contribution in [0.5, 0.6) is 0 Å². The van der Waals surface area contributed by atoms with Gasteiger partial charge in [0.2, 0.25) is 0 Å². The number of hydrogen-bond acceptors (Lipinski definition) is 5. The molecule has 1 N–H and O–H groups in total. The molecule has 2 aromatic rings. The van der Waals surface area contributed by atoms with E-state index in [1.165, 1.54) is 0 Å². The van der Waals surface area contributed by atoms with E-state index < -0.39 is 6.10 Å². The van der Waals surface area contributed by atoms with Crippen LogP contribution in [0.1, 0.15) is 27.9 Å². The largest absolute Gasteiger partial charge is 0.451 e. The molecular weight excluding hydrogens is 467 g/mol. The Morgan fingerprint density at radius 2 is 2.18 bits per heavy atom. The summed E-state index contributed by atoms with van der Waals surface area (Å²) in [7, 11) is 0. The Balaban J connectivity index is 1.62. The fraction of sp³-hybridized carbons (Fsp3) is 0.227. The van der Waals surface area contributed by atoms with Crippen LogP contribution in [-0.2, 0) is 11.2 Å². The molecule has 2 heterocycles. The molecule has 2 aliphatic rings. The minimum atomic E-state index is -0.598. The van der Waals surface area contributed by atoms with Gasteiger partial charge >= 0.3 is 5.97 Å². The van der Waals surface area contributed by atoms with Crippen molar-refractivity contribution < 1.29 is 14.6 Å². The monoisotopic (exact) mass is 486 g/mol. The van der Waals surface area contributed by atoms with Crippen molar-refractivity contribution in [3.63, 3.8) is 0 Å². The molecule has 2 unspecified atom stereocenters. The number of aromatic nitrogens is 1. The molecular formula is C22H19IN2O3. The molecule has 0 bridgehead atoms. The third-order valence-corrected chi connectivity index (χ3v) is 5.31. The molecule has 0 fully saturated rings. The molecule has 0 spiro atoms. The van der Waals surface area contributed by atoms with Gasteiger partial charge in [-0.1, -0.05) is 24.3 Å². The average molecular weight is 486 g/mol. The molecule has 142 valence electrons. The van der Waals surface area contributed by atoms with E-state index in [0.717, 1.165) is 40.9 Å². The second kappa shape index (κ2) is 8.36. The molecule has 6 heteroatoms. The van der Waals surface area contributed by atoms with Gasteiger partial charge in [-0.25, -0.2) is 4.79 Å². The Labute approximate surface area is 177 Å². The zero-order valence-corrected chi connectivity index (χ0v) is 17.2. The van der Waals surface area contributed by atoms with Crippen molar-refractivity contribution in [3.05, 3.63) is 77.6 Å². The summed E-state index contributed by atoms with van der Waals surface area (Å²) in [6.45, 7) is 0. The van der Waals surface area contributed by atoms with Crippen molar-refractivity contribution in [2.24, 2.45) is 10.9 Å². The lowest BCUT2D eigenvalue weighted by Crippen LogP contribution is -2.28. The van der Waals surface area contributed by atoms with Gasteiger partial charge in [-0.15, -0.1) is 0 Å². The number of aliphatic imine (C=N–C) groups is 1. The van der Waals surface area contributed by atoms with Crippen LogP contribution in [-0.4, -0.2) is 32.5 Å². The van der Waals surface area contributed by atoms with Crippen molar-refractivity contribution in [1.29, 1.82) is 0 Å². The second-order valence-electron chi connectivity index (χ2n) is 6.73. The molecule has 0 saturated heterocycles. The van der Waals surface area contributed by atoms with E-state index >= 15 is 0 Å². The zero-order chi connectivity index (χ0) is 19.5. The summed E-state index contributed by atoms with van der Waals surface area (Å²) in [5.41, 5.74) is 5.44. The minimum absolute atomic E-state index is 0.169. The maximum atomic E-state index is 11.9. The van der Waals surface area contributed by atoms with Crippen molar-refractivity contribution in [3.8, 4) is 0 Å². The van der Waals surface area contributed by atoms with E-state index in [-0.39, 0.29) is 11.9 Å². The quantitative estimate of drug-likeness (QED) is 0.398. The number of hydrogen-bond donors (Lipinski definition) is 1. The highest BCUT2D eigenvalue weighted by atomic mass is 127. The summed E-state index contributed by atoms with van der Waals surface area (Å²) in [4.78, 5) is 20.9. The first-order valence-electron chi connectivity index (χ1n) is 9.07. The van der Waals surface area contributed by atoms with Gasteiger partial charge in [-0.05, 0) is 76.4 Å². The Kier molecular flexibility index (Phi) is 5.68. The Morgan fingerprint density at radius 3 is 2.96 bits per heavy atom. The van der Waals surface area contributed by atoms with Crippen LogP contribution in [0, 0.1) is 5.92 Å². The van der Waals surface area contributed by atoms with Gasteiger partial charge in [0.05, 0.1) is 17.4 Å². The third kappa shape index (κ3) is 3.93. The molecule has 0 saturated carbocycles. The summed E-state index contributed by atoms with van der Waals surface area (Å²) < 4.78 is 5.39. The number of carbonyl (C=O) groups excluding carboxylic acids is 1. The first-order valence-corrected chi connectivity index (χ1v) is 10.6. The number of ether oxygens (including phenoxy) is 1. The number of rotatable bonds is 4. The number of allylic oxidation sites excluding steroid dienone is 2. The fourth-order valence-electron chi connectivity index (χ4n) is 3.56. The molecule has 0 radical (unpaired) electrons. The van der Waals surface area contributed by atoms with Gasteiger partial charge in [0, 0.05) is 24.0 Å². The number of aliphatic hydroxyl groups is 1. The highest BCUT2D eigenvalue weighted by molar-refractivity contribution is 14.1. The molecule has 28 heavy (non-hydrogen) atoms. The molecule has 0 amide bonds. The van der Waals surface area contributed by atoms with Crippen LogP contribution in [0.15, 0.2) is 65.9 Å². The molecule has 5 nitrogen and oxygen atoms in total. The van der Waals surface area contributed by atoms with E-state index in [1.54, 1.807) is 12.3 Å². The summed E-state index contributed by atoms with van der Waals surface area (Å²) in [6.07, 6.45) is 10.3. The van der Waals surface area contributed by atoms with Gasteiger partial charge in [-0.3, -0.25) is 9.98 Å². The molecule has 2 atom stereocenters. The van der Waals surface area contributed by atoms with Gasteiger partial charge in [-0.2, -0.15) is 0 Å². The van der Waals surface area contributed by atoms with E-state index in [0.29, 0.717) is 10.2 Å². The number of nitrogens with zero attached hydrogens (tertiary/aromatic N) is 2. The maximum absolute atomic E-state index is 11.9. The van der Waals surface area contributed by atoms with Crippen molar-refractivity contribution in [2.75, 3.05) is 4.61 Å². The molecule has 1 aromatic heterocycles. The number of carbonyl (C=O) groups is 1. The standard InChI is InChI=1S/C22H19IN2O3/c23-13-28-22(27)16-4-6-19-15(10-16)3-7-20(25-19)18-11-14(5-8-21(18)26)17-2-1-9-24-12-17/h1-2,4-6,8-12,18,21,26H,3,7,13H2. The van der Waals surface area contributed by atoms with Crippen LogP contribution in [0.3, 0.4) is 0 Å². The van der Waals surface area contributed by atoms with Gasteiger partial charge in [0.1, 0.15) is 4.61 Å². The van der Waals surface area contributed by atoms with E-state index in [9.17, 15) is 9.90 Å². The Morgan fingerprint density at radius 1 is 1.29 bits per heavy atom. The molecule has 1 aromatic carbocycles. The lowest BCUT2D eigenvalue weighted by Gasteiger charge is -2.26. The number of fused-ring (bicyclic) bond motifs is 1. The summed E-state index contributed by atoms with van der Waals surface area (Å²) in [6, 6.07) is 9.37. The maximum Gasteiger partial charge on any atom is 0.338 e. The Hall–Kier alpha value is -2.32. The van der Waals surface area contributed by atoms with E-state index in [4.69, 9.17) is 9.73 Å². The van der Waals surface area contributed by atoms with Crippen LogP contribution in [0.2, 0.25) is 0 Å².